The summed E-state index contributed by atoms with van der Waals surface area (Å²) in [5.74, 6) is -0.527. The monoisotopic (exact) mass is 458 g/mol. The van der Waals surface area contributed by atoms with Crippen LogP contribution in [0.2, 0.25) is 0 Å². The normalized spacial score (nSPS) is 12.2. The summed E-state index contributed by atoms with van der Waals surface area (Å²) in [4.78, 5) is 25.1. The van der Waals surface area contributed by atoms with Crippen LogP contribution in [-0.4, -0.2) is 26.3 Å². The van der Waals surface area contributed by atoms with E-state index >= 15 is 0 Å². The SMILES string of the molecule is CCC(C)NS(=O)(=O)c1ccc(C(=O)Oc2ccc(NC(=O)c3cccs3)cc2)cc1. The standard InChI is InChI=1S/C22H22N2O5S2/c1-3-15(2)24-31(27,28)19-12-6-16(7-13-19)22(26)29-18-10-8-17(9-11-18)23-21(25)20-5-4-14-30-20/h4-15,24H,3H2,1-2H3,(H,23,25). The van der Waals surface area contributed by atoms with Gasteiger partial charge in [0, 0.05) is 11.7 Å². The fourth-order valence-electron chi connectivity index (χ4n) is 2.56. The van der Waals surface area contributed by atoms with Gasteiger partial charge in [-0.25, -0.2) is 17.9 Å². The second-order valence-corrected chi connectivity index (χ2v) is 9.46. The molecule has 0 aliphatic rings. The predicted octanol–water partition coefficient (Wildman–Crippen LogP) is 4.30. The molecule has 9 heteroatoms. The first-order chi connectivity index (χ1) is 14.8. The molecular formula is C22H22N2O5S2. The van der Waals surface area contributed by atoms with E-state index in [0.29, 0.717) is 22.7 Å². The van der Waals surface area contributed by atoms with Crippen LogP contribution in [0.5, 0.6) is 5.75 Å². The second kappa shape index (κ2) is 9.86. The lowest BCUT2D eigenvalue weighted by Gasteiger charge is -2.12. The number of thiophene rings is 1. The van der Waals surface area contributed by atoms with Crippen molar-refractivity contribution in [2.45, 2.75) is 31.2 Å². The third-order valence-electron chi connectivity index (χ3n) is 4.44. The molecule has 0 aliphatic heterocycles. The lowest BCUT2D eigenvalue weighted by molar-refractivity contribution is 0.0734. The summed E-state index contributed by atoms with van der Waals surface area (Å²) in [5, 5.41) is 4.58. The van der Waals surface area contributed by atoms with Crippen molar-refractivity contribution in [1.82, 2.24) is 4.72 Å². The van der Waals surface area contributed by atoms with Crippen LogP contribution in [0, 0.1) is 0 Å². The largest absolute Gasteiger partial charge is 0.423 e. The first-order valence-corrected chi connectivity index (χ1v) is 11.9. The van der Waals surface area contributed by atoms with E-state index in [9.17, 15) is 18.0 Å². The molecule has 0 radical (unpaired) electrons. The zero-order valence-electron chi connectivity index (χ0n) is 17.0. The maximum absolute atomic E-state index is 12.4. The van der Waals surface area contributed by atoms with Gasteiger partial charge in [0.25, 0.3) is 5.91 Å². The molecule has 1 aromatic heterocycles. The molecule has 162 valence electrons. The highest BCUT2D eigenvalue weighted by atomic mass is 32.2. The van der Waals surface area contributed by atoms with Crippen molar-refractivity contribution < 1.29 is 22.7 Å². The molecule has 31 heavy (non-hydrogen) atoms. The van der Waals surface area contributed by atoms with Crippen LogP contribution in [0.15, 0.2) is 70.9 Å². The summed E-state index contributed by atoms with van der Waals surface area (Å²) in [6.45, 7) is 3.67. The minimum atomic E-state index is -3.64. The molecule has 1 atom stereocenters. The fourth-order valence-corrected chi connectivity index (χ4v) is 4.50. The van der Waals surface area contributed by atoms with Crippen LogP contribution in [0.25, 0.3) is 0 Å². The molecule has 2 N–H and O–H groups in total. The van der Waals surface area contributed by atoms with Crippen LogP contribution in [0.1, 0.15) is 40.3 Å². The molecule has 3 aromatic rings. The zero-order valence-corrected chi connectivity index (χ0v) is 18.6. The van der Waals surface area contributed by atoms with Gasteiger partial charge in [0.1, 0.15) is 5.75 Å². The number of amides is 1. The van der Waals surface area contributed by atoms with Gasteiger partial charge in [-0.2, -0.15) is 0 Å². The first-order valence-electron chi connectivity index (χ1n) is 9.58. The summed E-state index contributed by atoms with van der Waals surface area (Å²) in [6.07, 6.45) is 0.667. The number of hydrogen-bond acceptors (Lipinski definition) is 6. The van der Waals surface area contributed by atoms with E-state index in [0.717, 1.165) is 0 Å². The summed E-state index contributed by atoms with van der Waals surface area (Å²) in [6, 6.07) is 15.3. The summed E-state index contributed by atoms with van der Waals surface area (Å²) < 4.78 is 32.5. The Morgan fingerprint density at radius 2 is 1.71 bits per heavy atom. The van der Waals surface area contributed by atoms with Gasteiger partial charge in [-0.05, 0) is 73.3 Å². The van der Waals surface area contributed by atoms with Gasteiger partial charge in [-0.1, -0.05) is 13.0 Å². The minimum Gasteiger partial charge on any atom is -0.423 e. The van der Waals surface area contributed by atoms with Crippen molar-refractivity contribution in [1.29, 1.82) is 0 Å². The predicted molar refractivity (Wildman–Crippen MR) is 120 cm³/mol. The van der Waals surface area contributed by atoms with E-state index in [1.165, 1.54) is 35.6 Å². The van der Waals surface area contributed by atoms with Gasteiger partial charge in [0.15, 0.2) is 0 Å². The lowest BCUT2D eigenvalue weighted by Crippen LogP contribution is -2.32. The van der Waals surface area contributed by atoms with Crippen molar-refractivity contribution in [3.05, 3.63) is 76.5 Å². The van der Waals surface area contributed by atoms with Crippen molar-refractivity contribution in [2.24, 2.45) is 0 Å². The third kappa shape index (κ3) is 6.00. The Hall–Kier alpha value is -3.01. The number of nitrogens with one attached hydrogen (secondary N) is 2. The molecule has 3 rings (SSSR count). The number of rotatable bonds is 8. The van der Waals surface area contributed by atoms with E-state index in [4.69, 9.17) is 4.74 Å². The van der Waals surface area contributed by atoms with E-state index < -0.39 is 16.0 Å². The highest BCUT2D eigenvalue weighted by Gasteiger charge is 2.17. The molecule has 2 aromatic carbocycles. The van der Waals surface area contributed by atoms with Crippen molar-refractivity contribution >= 4 is 38.9 Å². The molecule has 0 aliphatic carbocycles. The highest BCUT2D eigenvalue weighted by molar-refractivity contribution is 7.89. The zero-order chi connectivity index (χ0) is 22.4. The van der Waals surface area contributed by atoms with E-state index in [1.807, 2.05) is 12.3 Å². The molecular weight excluding hydrogens is 436 g/mol. The minimum absolute atomic E-state index is 0.0789. The smallest absolute Gasteiger partial charge is 0.343 e. The Kier molecular flexibility index (Phi) is 7.21. The van der Waals surface area contributed by atoms with Gasteiger partial charge in [0.2, 0.25) is 10.0 Å². The number of carbonyl (C=O) groups is 2. The van der Waals surface area contributed by atoms with Crippen LogP contribution in [0.4, 0.5) is 5.69 Å². The number of sulfonamides is 1. The van der Waals surface area contributed by atoms with Crippen molar-refractivity contribution in [3.63, 3.8) is 0 Å². The number of ether oxygens (including phenoxy) is 1. The van der Waals surface area contributed by atoms with Gasteiger partial charge < -0.3 is 10.1 Å². The first kappa shape index (κ1) is 22.7. The van der Waals surface area contributed by atoms with Crippen LogP contribution < -0.4 is 14.8 Å². The number of carbonyl (C=O) groups excluding carboxylic acids is 2. The summed E-state index contributed by atoms with van der Waals surface area (Å²) in [5.41, 5.74) is 0.791. The molecule has 1 heterocycles. The molecule has 0 spiro atoms. The molecule has 0 saturated heterocycles. The van der Waals surface area contributed by atoms with Gasteiger partial charge in [-0.15, -0.1) is 11.3 Å². The Labute approximate surface area is 185 Å². The summed E-state index contributed by atoms with van der Waals surface area (Å²) >= 11 is 1.34. The Morgan fingerprint density at radius 3 is 2.29 bits per heavy atom. The molecule has 1 unspecified atom stereocenters. The number of esters is 1. The molecule has 7 nitrogen and oxygen atoms in total. The van der Waals surface area contributed by atoms with E-state index in [-0.39, 0.29) is 22.4 Å². The fraction of sp³-hybridized carbons (Fsp3) is 0.182. The van der Waals surface area contributed by atoms with E-state index in [2.05, 4.69) is 10.0 Å². The number of benzene rings is 2. The van der Waals surface area contributed by atoms with Crippen LogP contribution in [0.3, 0.4) is 0 Å². The maximum Gasteiger partial charge on any atom is 0.343 e. The van der Waals surface area contributed by atoms with Crippen molar-refractivity contribution in [2.75, 3.05) is 5.32 Å². The van der Waals surface area contributed by atoms with Crippen LogP contribution in [-0.2, 0) is 10.0 Å². The van der Waals surface area contributed by atoms with Gasteiger partial charge in [-0.3, -0.25) is 4.79 Å². The highest BCUT2D eigenvalue weighted by Crippen LogP contribution is 2.19. The Balaban J connectivity index is 1.61. The Morgan fingerprint density at radius 1 is 1.03 bits per heavy atom. The van der Waals surface area contributed by atoms with Gasteiger partial charge in [0.05, 0.1) is 15.3 Å². The molecule has 0 bridgehead atoms. The number of hydrogen-bond donors (Lipinski definition) is 2. The average Bonchev–Trinajstić information content (AvgIpc) is 3.30. The average molecular weight is 459 g/mol. The maximum atomic E-state index is 12.4. The van der Waals surface area contributed by atoms with Gasteiger partial charge >= 0.3 is 5.97 Å². The second-order valence-electron chi connectivity index (χ2n) is 6.80. The third-order valence-corrected chi connectivity index (χ3v) is 6.91. The van der Waals surface area contributed by atoms with Crippen molar-refractivity contribution in [3.8, 4) is 5.75 Å². The summed E-state index contributed by atoms with van der Waals surface area (Å²) in [7, 11) is -3.64. The molecule has 1 amide bonds. The van der Waals surface area contributed by atoms with E-state index in [1.54, 1.807) is 43.3 Å². The van der Waals surface area contributed by atoms with Crippen LogP contribution >= 0.6 is 11.3 Å². The molecule has 0 fully saturated rings. The molecule has 0 saturated carbocycles. The number of anilines is 1. The quantitative estimate of drug-likeness (QED) is 0.387. The topological polar surface area (TPSA) is 102 Å². The Bertz CT molecular complexity index is 1140. The lowest BCUT2D eigenvalue weighted by atomic mass is 10.2.